The summed E-state index contributed by atoms with van der Waals surface area (Å²) in [7, 11) is 1.60. The van der Waals surface area contributed by atoms with Gasteiger partial charge in [0.05, 0.1) is 17.9 Å². The van der Waals surface area contributed by atoms with Gasteiger partial charge in [-0.05, 0) is 54.6 Å². The van der Waals surface area contributed by atoms with Gasteiger partial charge in [-0.2, -0.15) is 0 Å². The Kier molecular flexibility index (Phi) is 5.83. The van der Waals surface area contributed by atoms with Crippen LogP contribution in [0.15, 0.2) is 76.5 Å². The summed E-state index contributed by atoms with van der Waals surface area (Å²) in [5, 5.41) is 2.84. The molecule has 0 saturated heterocycles. The maximum Gasteiger partial charge on any atom is 0.259 e. The molecule has 152 valence electrons. The Bertz CT molecular complexity index is 1100. The first kappa shape index (κ1) is 20.1. The molecule has 0 bridgehead atoms. The predicted octanol–water partition coefficient (Wildman–Crippen LogP) is 4.84. The zero-order valence-electron chi connectivity index (χ0n) is 16.2. The number of ether oxygens (including phenoxy) is 1. The van der Waals surface area contributed by atoms with Gasteiger partial charge in [0.2, 0.25) is 0 Å². The van der Waals surface area contributed by atoms with Crippen LogP contribution in [0.2, 0.25) is 0 Å². The zero-order chi connectivity index (χ0) is 21.1. The highest BCUT2D eigenvalue weighted by Gasteiger charge is 2.27. The van der Waals surface area contributed by atoms with Crippen molar-refractivity contribution >= 4 is 35.0 Å². The van der Waals surface area contributed by atoms with Gasteiger partial charge in [-0.1, -0.05) is 23.9 Å². The molecule has 5 nitrogen and oxygen atoms in total. The van der Waals surface area contributed by atoms with Crippen molar-refractivity contribution in [2.75, 3.05) is 30.5 Å². The summed E-state index contributed by atoms with van der Waals surface area (Å²) in [5.41, 5.74) is 2.35. The number of nitrogens with zero attached hydrogens (tertiary/aromatic N) is 1. The van der Waals surface area contributed by atoms with Gasteiger partial charge >= 0.3 is 0 Å². The molecule has 2 amide bonds. The largest absolute Gasteiger partial charge is 0.383 e. The third-order valence-electron chi connectivity index (χ3n) is 4.72. The summed E-state index contributed by atoms with van der Waals surface area (Å²) in [5.74, 6) is -0.814. The molecule has 30 heavy (non-hydrogen) atoms. The van der Waals surface area contributed by atoms with Crippen LogP contribution < -0.4 is 10.2 Å². The zero-order valence-corrected chi connectivity index (χ0v) is 17.0. The molecule has 0 atom stereocenters. The first-order valence-electron chi connectivity index (χ1n) is 9.35. The molecule has 3 aromatic carbocycles. The lowest BCUT2D eigenvalue weighted by Gasteiger charge is -2.23. The first-order valence-corrected chi connectivity index (χ1v) is 10.2. The van der Waals surface area contributed by atoms with Gasteiger partial charge in [0.15, 0.2) is 0 Å². The number of hydrogen-bond acceptors (Lipinski definition) is 4. The third-order valence-corrected chi connectivity index (χ3v) is 5.84. The average Bonchev–Trinajstić information content (AvgIpc) is 2.86. The molecule has 7 heteroatoms. The Balaban J connectivity index is 1.68. The lowest BCUT2D eigenvalue weighted by molar-refractivity contribution is 0.0972. The molecule has 1 aliphatic rings. The quantitative estimate of drug-likeness (QED) is 0.640. The minimum absolute atomic E-state index is 0.0861. The molecule has 0 saturated carbocycles. The summed E-state index contributed by atoms with van der Waals surface area (Å²) in [4.78, 5) is 29.0. The highest BCUT2D eigenvalue weighted by Crippen LogP contribution is 2.42. The van der Waals surface area contributed by atoms with Crippen molar-refractivity contribution in [1.29, 1.82) is 0 Å². The molecule has 0 unspecified atom stereocenters. The number of benzene rings is 3. The maximum absolute atomic E-state index is 13.1. The summed E-state index contributed by atoms with van der Waals surface area (Å²) in [6.07, 6.45) is 0. The van der Waals surface area contributed by atoms with Crippen LogP contribution in [0.5, 0.6) is 0 Å². The van der Waals surface area contributed by atoms with Crippen LogP contribution in [0.4, 0.5) is 15.8 Å². The second kappa shape index (κ2) is 8.69. The number of carbonyl (C=O) groups is 2. The normalized spacial score (nSPS) is 12.7. The Labute approximate surface area is 177 Å². The van der Waals surface area contributed by atoms with Crippen molar-refractivity contribution in [3.8, 4) is 0 Å². The van der Waals surface area contributed by atoms with Gasteiger partial charge in [-0.15, -0.1) is 0 Å². The van der Waals surface area contributed by atoms with E-state index in [2.05, 4.69) is 5.32 Å². The molecule has 0 radical (unpaired) electrons. The summed E-state index contributed by atoms with van der Waals surface area (Å²) in [6, 6.07) is 18.2. The van der Waals surface area contributed by atoms with Gasteiger partial charge in [0.25, 0.3) is 11.8 Å². The van der Waals surface area contributed by atoms with E-state index < -0.39 is 5.82 Å². The molecule has 0 aliphatic carbocycles. The summed E-state index contributed by atoms with van der Waals surface area (Å²) in [6.45, 7) is 0.819. The molecular formula is C23H19FN2O3S. The van der Waals surface area contributed by atoms with Crippen molar-refractivity contribution < 1.29 is 18.7 Å². The number of carbonyl (C=O) groups excluding carboxylic acids is 2. The number of anilines is 2. The summed E-state index contributed by atoms with van der Waals surface area (Å²) >= 11 is 1.48. The van der Waals surface area contributed by atoms with Crippen molar-refractivity contribution in [2.45, 2.75) is 9.79 Å². The topological polar surface area (TPSA) is 58.6 Å². The minimum Gasteiger partial charge on any atom is -0.383 e. The lowest BCUT2D eigenvalue weighted by atomic mass is 10.1. The van der Waals surface area contributed by atoms with E-state index in [9.17, 15) is 14.0 Å². The van der Waals surface area contributed by atoms with E-state index >= 15 is 0 Å². The minimum atomic E-state index is -0.396. The van der Waals surface area contributed by atoms with Gasteiger partial charge < -0.3 is 15.0 Å². The molecule has 0 spiro atoms. The SMILES string of the molecule is COCCN1C(=O)c2ccccc2Sc2cc(NC(=O)c3ccc(F)cc3)ccc21. The number of fused-ring (bicyclic) bond motifs is 2. The first-order chi connectivity index (χ1) is 14.6. The van der Waals surface area contributed by atoms with Gasteiger partial charge in [0, 0.05) is 34.7 Å². The molecule has 0 fully saturated rings. The van der Waals surface area contributed by atoms with E-state index in [0.717, 1.165) is 15.5 Å². The van der Waals surface area contributed by atoms with Crippen molar-refractivity contribution in [3.05, 3.63) is 83.7 Å². The van der Waals surface area contributed by atoms with Crippen LogP contribution in [0.1, 0.15) is 20.7 Å². The van der Waals surface area contributed by atoms with E-state index in [1.807, 2.05) is 36.4 Å². The van der Waals surface area contributed by atoms with E-state index in [-0.39, 0.29) is 11.8 Å². The number of nitrogens with one attached hydrogen (secondary N) is 1. The second-order valence-electron chi connectivity index (χ2n) is 6.69. The second-order valence-corrected chi connectivity index (χ2v) is 7.78. The fourth-order valence-corrected chi connectivity index (χ4v) is 4.33. The van der Waals surface area contributed by atoms with Crippen molar-refractivity contribution in [3.63, 3.8) is 0 Å². The molecule has 1 N–H and O–H groups in total. The van der Waals surface area contributed by atoms with Crippen LogP contribution in [0, 0.1) is 5.82 Å². The number of rotatable bonds is 5. The van der Waals surface area contributed by atoms with Crippen LogP contribution >= 0.6 is 11.8 Å². The van der Waals surface area contributed by atoms with E-state index in [1.54, 1.807) is 18.1 Å². The third kappa shape index (κ3) is 4.08. The summed E-state index contributed by atoms with van der Waals surface area (Å²) < 4.78 is 18.3. The van der Waals surface area contributed by atoms with Gasteiger partial charge in [-0.3, -0.25) is 9.59 Å². The van der Waals surface area contributed by atoms with Crippen LogP contribution in [-0.2, 0) is 4.74 Å². The Morgan fingerprint density at radius 1 is 1.07 bits per heavy atom. The molecule has 3 aromatic rings. The van der Waals surface area contributed by atoms with Crippen LogP contribution in [0.3, 0.4) is 0 Å². The highest BCUT2D eigenvalue weighted by atomic mass is 32.2. The molecule has 0 aromatic heterocycles. The van der Waals surface area contributed by atoms with Crippen molar-refractivity contribution in [1.82, 2.24) is 0 Å². The van der Waals surface area contributed by atoms with Crippen LogP contribution in [-0.4, -0.2) is 32.1 Å². The van der Waals surface area contributed by atoms with Crippen LogP contribution in [0.25, 0.3) is 0 Å². The number of amides is 2. The van der Waals surface area contributed by atoms with Crippen molar-refractivity contribution in [2.24, 2.45) is 0 Å². The monoisotopic (exact) mass is 422 g/mol. The Morgan fingerprint density at radius 3 is 2.60 bits per heavy atom. The fourth-order valence-electron chi connectivity index (χ4n) is 3.21. The van der Waals surface area contributed by atoms with E-state index in [1.165, 1.54) is 36.0 Å². The molecule has 1 heterocycles. The van der Waals surface area contributed by atoms with Gasteiger partial charge in [-0.25, -0.2) is 4.39 Å². The standard InChI is InChI=1S/C23H19FN2O3S/c1-29-13-12-26-19-11-10-17(25-22(27)15-6-8-16(24)9-7-15)14-21(19)30-20-5-3-2-4-18(20)23(26)28/h2-11,14H,12-13H2,1H3,(H,25,27). The molecule has 4 rings (SSSR count). The number of halogens is 1. The van der Waals surface area contributed by atoms with E-state index in [0.29, 0.717) is 30.0 Å². The molecular weight excluding hydrogens is 403 g/mol. The Hall–Kier alpha value is -3.16. The smallest absolute Gasteiger partial charge is 0.259 e. The fraction of sp³-hybridized carbons (Fsp3) is 0.130. The lowest BCUT2D eigenvalue weighted by Crippen LogP contribution is -2.33. The number of hydrogen-bond donors (Lipinski definition) is 1. The molecule has 1 aliphatic heterocycles. The predicted molar refractivity (Wildman–Crippen MR) is 115 cm³/mol. The van der Waals surface area contributed by atoms with Gasteiger partial charge in [0.1, 0.15) is 5.82 Å². The Morgan fingerprint density at radius 2 is 1.83 bits per heavy atom. The van der Waals surface area contributed by atoms with E-state index in [4.69, 9.17) is 4.74 Å². The average molecular weight is 422 g/mol. The maximum atomic E-state index is 13.1. The number of methoxy groups -OCH3 is 1. The highest BCUT2D eigenvalue weighted by molar-refractivity contribution is 7.99.